The number of amides is 1. The lowest BCUT2D eigenvalue weighted by Gasteiger charge is -2.37. The lowest BCUT2D eigenvalue weighted by Crippen LogP contribution is -2.60. The van der Waals surface area contributed by atoms with Crippen LogP contribution in [0.3, 0.4) is 0 Å². The second-order valence-corrected chi connectivity index (χ2v) is 8.53. The zero-order chi connectivity index (χ0) is 18.0. The SMILES string of the molecule is CC(C)[C@@H](CC1CCCC1)NC(=O)C1(C)Cc2ccc(O)cc2CN1. The van der Waals surface area contributed by atoms with Gasteiger partial charge >= 0.3 is 0 Å². The minimum absolute atomic E-state index is 0.0999. The monoisotopic (exact) mass is 344 g/mol. The Kier molecular flexibility index (Phi) is 5.38. The number of phenols is 1. The fraction of sp³-hybridized carbons (Fsp3) is 0.667. The van der Waals surface area contributed by atoms with E-state index in [4.69, 9.17) is 0 Å². The number of carbonyl (C=O) groups is 1. The number of phenolic OH excluding ortho intramolecular Hbond substituents is 1. The first kappa shape index (κ1) is 18.2. The van der Waals surface area contributed by atoms with Gasteiger partial charge < -0.3 is 10.4 Å². The molecule has 1 aromatic carbocycles. The van der Waals surface area contributed by atoms with Gasteiger partial charge in [0.15, 0.2) is 0 Å². The van der Waals surface area contributed by atoms with E-state index in [9.17, 15) is 9.90 Å². The van der Waals surface area contributed by atoms with E-state index >= 15 is 0 Å². The van der Waals surface area contributed by atoms with E-state index in [1.165, 1.54) is 25.7 Å². The summed E-state index contributed by atoms with van der Waals surface area (Å²) in [5.74, 6) is 1.59. The first-order chi connectivity index (χ1) is 11.9. The first-order valence-corrected chi connectivity index (χ1v) is 9.74. The third kappa shape index (κ3) is 4.17. The molecule has 1 aliphatic heterocycles. The molecule has 0 spiro atoms. The predicted molar refractivity (Wildman–Crippen MR) is 100 cm³/mol. The van der Waals surface area contributed by atoms with Crippen molar-refractivity contribution in [1.82, 2.24) is 10.6 Å². The Labute approximate surface area is 151 Å². The van der Waals surface area contributed by atoms with Crippen LogP contribution in [0.5, 0.6) is 5.75 Å². The van der Waals surface area contributed by atoms with E-state index in [-0.39, 0.29) is 17.7 Å². The minimum atomic E-state index is -0.590. The van der Waals surface area contributed by atoms with E-state index in [1.54, 1.807) is 12.1 Å². The molecule has 1 saturated carbocycles. The summed E-state index contributed by atoms with van der Waals surface area (Å²) < 4.78 is 0. The number of rotatable bonds is 5. The molecule has 25 heavy (non-hydrogen) atoms. The summed E-state index contributed by atoms with van der Waals surface area (Å²) in [5.41, 5.74) is 1.63. The fourth-order valence-electron chi connectivity index (χ4n) is 4.27. The van der Waals surface area contributed by atoms with Gasteiger partial charge in [-0.05, 0) is 54.9 Å². The predicted octanol–water partition coefficient (Wildman–Crippen LogP) is 3.52. The maximum Gasteiger partial charge on any atom is 0.240 e. The average molecular weight is 344 g/mol. The second kappa shape index (κ2) is 7.36. The number of hydrogen-bond acceptors (Lipinski definition) is 3. The van der Waals surface area contributed by atoms with Gasteiger partial charge in [0.2, 0.25) is 5.91 Å². The molecule has 4 nitrogen and oxygen atoms in total. The Bertz CT molecular complexity index is 622. The molecule has 1 heterocycles. The lowest BCUT2D eigenvalue weighted by atomic mass is 9.84. The average Bonchev–Trinajstić information content (AvgIpc) is 3.07. The highest BCUT2D eigenvalue weighted by Crippen LogP contribution is 2.31. The van der Waals surface area contributed by atoms with Crippen molar-refractivity contribution in [1.29, 1.82) is 0 Å². The summed E-state index contributed by atoms with van der Waals surface area (Å²) in [7, 11) is 0. The molecule has 1 amide bonds. The van der Waals surface area contributed by atoms with Crippen LogP contribution >= 0.6 is 0 Å². The molecule has 0 radical (unpaired) electrons. The zero-order valence-corrected chi connectivity index (χ0v) is 15.8. The molecular formula is C21H32N2O2. The zero-order valence-electron chi connectivity index (χ0n) is 15.8. The van der Waals surface area contributed by atoms with Crippen molar-refractivity contribution in [2.75, 3.05) is 0 Å². The molecule has 0 saturated heterocycles. The Morgan fingerprint density at radius 1 is 1.32 bits per heavy atom. The lowest BCUT2D eigenvalue weighted by molar-refractivity contribution is -0.128. The van der Waals surface area contributed by atoms with Gasteiger partial charge in [-0.1, -0.05) is 45.6 Å². The fourth-order valence-corrected chi connectivity index (χ4v) is 4.27. The smallest absolute Gasteiger partial charge is 0.240 e. The van der Waals surface area contributed by atoms with Crippen LogP contribution in [0.1, 0.15) is 64.0 Å². The van der Waals surface area contributed by atoms with Crippen LogP contribution in [0.4, 0.5) is 0 Å². The van der Waals surface area contributed by atoms with Crippen molar-refractivity contribution in [2.45, 2.75) is 77.4 Å². The van der Waals surface area contributed by atoms with Gasteiger partial charge in [0.1, 0.15) is 5.75 Å². The van der Waals surface area contributed by atoms with E-state index in [0.717, 1.165) is 23.5 Å². The van der Waals surface area contributed by atoms with Gasteiger partial charge in [-0.2, -0.15) is 0 Å². The summed E-state index contributed by atoms with van der Waals surface area (Å²) in [5, 5.41) is 16.4. The van der Waals surface area contributed by atoms with Crippen LogP contribution in [0, 0.1) is 11.8 Å². The molecule has 1 aromatic rings. The van der Waals surface area contributed by atoms with Crippen molar-refractivity contribution in [3.63, 3.8) is 0 Å². The van der Waals surface area contributed by atoms with Crippen molar-refractivity contribution < 1.29 is 9.90 Å². The largest absolute Gasteiger partial charge is 0.508 e. The number of hydrogen-bond donors (Lipinski definition) is 3. The molecular weight excluding hydrogens is 312 g/mol. The van der Waals surface area contributed by atoms with Crippen molar-refractivity contribution >= 4 is 5.91 Å². The first-order valence-electron chi connectivity index (χ1n) is 9.74. The maximum atomic E-state index is 13.1. The van der Waals surface area contributed by atoms with E-state index in [0.29, 0.717) is 18.9 Å². The third-order valence-corrected chi connectivity index (χ3v) is 6.09. The molecule has 3 N–H and O–H groups in total. The van der Waals surface area contributed by atoms with Gasteiger partial charge in [0, 0.05) is 12.6 Å². The Morgan fingerprint density at radius 2 is 2.04 bits per heavy atom. The van der Waals surface area contributed by atoms with Gasteiger partial charge in [0.05, 0.1) is 5.54 Å². The molecule has 1 fully saturated rings. The van der Waals surface area contributed by atoms with E-state index in [1.807, 2.05) is 13.0 Å². The van der Waals surface area contributed by atoms with Crippen molar-refractivity contribution in [2.24, 2.45) is 11.8 Å². The summed E-state index contributed by atoms with van der Waals surface area (Å²) >= 11 is 0. The highest BCUT2D eigenvalue weighted by atomic mass is 16.3. The van der Waals surface area contributed by atoms with Crippen LogP contribution in [-0.4, -0.2) is 22.6 Å². The van der Waals surface area contributed by atoms with Crippen LogP contribution in [-0.2, 0) is 17.8 Å². The van der Waals surface area contributed by atoms with Gasteiger partial charge in [-0.3, -0.25) is 10.1 Å². The van der Waals surface area contributed by atoms with Crippen molar-refractivity contribution in [3.05, 3.63) is 29.3 Å². The molecule has 2 aliphatic rings. The summed E-state index contributed by atoms with van der Waals surface area (Å²) in [6.45, 7) is 7.01. The van der Waals surface area contributed by atoms with Crippen LogP contribution in [0.15, 0.2) is 18.2 Å². The molecule has 3 rings (SSSR count). The van der Waals surface area contributed by atoms with E-state index in [2.05, 4.69) is 24.5 Å². The quantitative estimate of drug-likeness (QED) is 0.766. The highest BCUT2D eigenvalue weighted by molar-refractivity contribution is 5.87. The number of aromatic hydroxyl groups is 1. The molecule has 0 bridgehead atoms. The topological polar surface area (TPSA) is 61.4 Å². The maximum absolute atomic E-state index is 13.1. The summed E-state index contributed by atoms with van der Waals surface area (Å²) in [6.07, 6.45) is 7.06. The number of fused-ring (bicyclic) bond motifs is 1. The second-order valence-electron chi connectivity index (χ2n) is 8.53. The molecule has 4 heteroatoms. The molecule has 1 aliphatic carbocycles. The Hall–Kier alpha value is -1.55. The van der Waals surface area contributed by atoms with Crippen LogP contribution in [0.2, 0.25) is 0 Å². The summed E-state index contributed by atoms with van der Waals surface area (Å²) in [6, 6.07) is 5.68. The third-order valence-electron chi connectivity index (χ3n) is 6.09. The molecule has 1 unspecified atom stereocenters. The highest BCUT2D eigenvalue weighted by Gasteiger charge is 2.38. The number of nitrogens with one attached hydrogen (secondary N) is 2. The standard InChI is InChI=1S/C21H32N2O2/c1-14(2)19(10-15-6-4-5-7-15)23-20(25)21(3)12-16-8-9-18(24)11-17(16)13-22-21/h8-9,11,14-15,19,22,24H,4-7,10,12-13H2,1-3H3,(H,23,25)/t19-,21?/m1/s1. The Balaban J connectivity index is 1.67. The molecule has 0 aromatic heterocycles. The van der Waals surface area contributed by atoms with Gasteiger partial charge in [0.25, 0.3) is 0 Å². The van der Waals surface area contributed by atoms with Crippen LogP contribution < -0.4 is 10.6 Å². The minimum Gasteiger partial charge on any atom is -0.508 e. The molecule has 2 atom stereocenters. The molecule has 138 valence electrons. The van der Waals surface area contributed by atoms with Crippen LogP contribution in [0.25, 0.3) is 0 Å². The van der Waals surface area contributed by atoms with Gasteiger partial charge in [-0.15, -0.1) is 0 Å². The summed E-state index contributed by atoms with van der Waals surface area (Å²) in [4.78, 5) is 13.1. The normalized spacial score (nSPS) is 25.0. The van der Waals surface area contributed by atoms with Crippen molar-refractivity contribution in [3.8, 4) is 5.75 Å². The Morgan fingerprint density at radius 3 is 2.72 bits per heavy atom. The number of benzene rings is 1. The number of carbonyl (C=O) groups excluding carboxylic acids is 1. The van der Waals surface area contributed by atoms with E-state index < -0.39 is 5.54 Å². The van der Waals surface area contributed by atoms with Gasteiger partial charge in [-0.25, -0.2) is 0 Å².